The molecule has 84 valence electrons. The fourth-order valence-electron chi connectivity index (χ4n) is 1.63. The molecule has 4 nitrogen and oxygen atoms in total. The molecule has 0 aromatic rings. The molecule has 0 radical (unpaired) electrons. The average Bonchev–Trinajstić information content (AvgIpc) is 2.18. The Hall–Kier alpha value is 0.0300. The van der Waals surface area contributed by atoms with Crippen molar-refractivity contribution in [3.05, 3.63) is 0 Å². The van der Waals surface area contributed by atoms with Crippen molar-refractivity contribution < 1.29 is 8.76 Å². The molecule has 1 heterocycles. The SMILES string of the molecule is CCC(C)CN1CCN(S(=O)[O-])CC1. The van der Waals surface area contributed by atoms with Gasteiger partial charge in [0.25, 0.3) is 0 Å². The van der Waals surface area contributed by atoms with Gasteiger partial charge in [-0.1, -0.05) is 20.3 Å². The van der Waals surface area contributed by atoms with E-state index < -0.39 is 11.3 Å². The normalized spacial score (nSPS) is 24.8. The first-order chi connectivity index (χ1) is 6.63. The summed E-state index contributed by atoms with van der Waals surface area (Å²) in [5.74, 6) is 0.708. The van der Waals surface area contributed by atoms with Crippen molar-refractivity contribution >= 4 is 11.3 Å². The van der Waals surface area contributed by atoms with Crippen LogP contribution < -0.4 is 0 Å². The standard InChI is InChI=1S/C9H20N2O2S/c1-3-9(2)8-10-4-6-11(7-5-10)14(12)13/h9H,3-8H2,1-2H3,(H,12,13)/p-1. The summed E-state index contributed by atoms with van der Waals surface area (Å²) in [6.07, 6.45) is 1.19. The molecule has 0 aliphatic carbocycles. The highest BCUT2D eigenvalue weighted by Gasteiger charge is 2.17. The molecule has 0 bridgehead atoms. The molecule has 14 heavy (non-hydrogen) atoms. The van der Waals surface area contributed by atoms with Crippen molar-refractivity contribution in [2.45, 2.75) is 20.3 Å². The van der Waals surface area contributed by atoms with Crippen LogP contribution in [0.2, 0.25) is 0 Å². The van der Waals surface area contributed by atoms with Gasteiger partial charge in [0.2, 0.25) is 0 Å². The first-order valence-electron chi connectivity index (χ1n) is 5.20. The monoisotopic (exact) mass is 219 g/mol. The number of nitrogens with zero attached hydrogens (tertiary/aromatic N) is 2. The van der Waals surface area contributed by atoms with E-state index in [0.717, 1.165) is 19.6 Å². The molecular formula is C9H19N2O2S-. The summed E-state index contributed by atoms with van der Waals surface area (Å²) in [4.78, 5) is 2.34. The molecular weight excluding hydrogens is 200 g/mol. The minimum atomic E-state index is -2.02. The fraction of sp³-hybridized carbons (Fsp3) is 1.00. The van der Waals surface area contributed by atoms with Gasteiger partial charge in [-0.25, -0.2) is 4.31 Å². The Kier molecular flexibility index (Phi) is 5.01. The van der Waals surface area contributed by atoms with Gasteiger partial charge in [0.1, 0.15) is 0 Å². The zero-order valence-electron chi connectivity index (χ0n) is 8.94. The molecule has 0 aromatic carbocycles. The smallest absolute Gasteiger partial charge is 0.0230 e. The molecule has 0 spiro atoms. The zero-order chi connectivity index (χ0) is 10.6. The molecule has 1 rings (SSSR count). The van der Waals surface area contributed by atoms with E-state index in [4.69, 9.17) is 0 Å². The van der Waals surface area contributed by atoms with E-state index in [2.05, 4.69) is 18.7 Å². The second-order valence-electron chi connectivity index (χ2n) is 3.96. The lowest BCUT2D eigenvalue weighted by Crippen LogP contribution is -2.47. The minimum Gasteiger partial charge on any atom is -0.760 e. The number of hydrogen-bond donors (Lipinski definition) is 0. The molecule has 1 aliphatic heterocycles. The number of rotatable bonds is 4. The second-order valence-corrected chi connectivity index (χ2v) is 4.91. The van der Waals surface area contributed by atoms with Gasteiger partial charge >= 0.3 is 0 Å². The Morgan fingerprint density at radius 3 is 2.36 bits per heavy atom. The average molecular weight is 219 g/mol. The van der Waals surface area contributed by atoms with Crippen LogP contribution in [0.3, 0.4) is 0 Å². The maximum absolute atomic E-state index is 10.6. The van der Waals surface area contributed by atoms with Gasteiger partial charge < -0.3 is 9.45 Å². The van der Waals surface area contributed by atoms with Crippen LogP contribution in [-0.2, 0) is 11.3 Å². The maximum Gasteiger partial charge on any atom is 0.0230 e. The lowest BCUT2D eigenvalue weighted by atomic mass is 10.1. The lowest BCUT2D eigenvalue weighted by molar-refractivity contribution is 0.165. The highest BCUT2D eigenvalue weighted by atomic mass is 32.2. The fourth-order valence-corrected chi connectivity index (χ4v) is 2.09. The van der Waals surface area contributed by atoms with E-state index in [1.54, 1.807) is 0 Å². The molecule has 1 saturated heterocycles. The molecule has 1 aliphatic rings. The molecule has 5 heteroatoms. The third-order valence-corrected chi connectivity index (χ3v) is 3.60. The topological polar surface area (TPSA) is 46.6 Å². The third kappa shape index (κ3) is 3.65. The van der Waals surface area contributed by atoms with Gasteiger partial charge in [0.05, 0.1) is 0 Å². The van der Waals surface area contributed by atoms with Crippen molar-refractivity contribution in [1.29, 1.82) is 0 Å². The Morgan fingerprint density at radius 1 is 1.36 bits per heavy atom. The van der Waals surface area contributed by atoms with Crippen molar-refractivity contribution in [3.63, 3.8) is 0 Å². The zero-order valence-corrected chi connectivity index (χ0v) is 9.76. The molecule has 0 saturated carbocycles. The summed E-state index contributed by atoms with van der Waals surface area (Å²) in [7, 11) is 0. The Morgan fingerprint density at radius 2 is 1.93 bits per heavy atom. The highest BCUT2D eigenvalue weighted by Crippen LogP contribution is 2.08. The Balaban J connectivity index is 2.25. The van der Waals surface area contributed by atoms with Crippen LogP contribution in [0.15, 0.2) is 0 Å². The van der Waals surface area contributed by atoms with Crippen LogP contribution in [0.5, 0.6) is 0 Å². The lowest BCUT2D eigenvalue weighted by Gasteiger charge is -2.36. The summed E-state index contributed by atoms with van der Waals surface area (Å²) in [5, 5.41) is 0. The summed E-state index contributed by atoms with van der Waals surface area (Å²) in [5.41, 5.74) is 0. The largest absolute Gasteiger partial charge is 0.760 e. The van der Waals surface area contributed by atoms with Gasteiger partial charge in [-0.05, 0) is 5.92 Å². The van der Waals surface area contributed by atoms with Crippen molar-refractivity contribution in [2.75, 3.05) is 32.7 Å². The predicted molar refractivity (Wildman–Crippen MR) is 56.4 cm³/mol. The summed E-state index contributed by atoms with van der Waals surface area (Å²) in [6.45, 7) is 8.55. The summed E-state index contributed by atoms with van der Waals surface area (Å²) < 4.78 is 22.8. The van der Waals surface area contributed by atoms with Crippen LogP contribution in [-0.4, -0.2) is 50.7 Å². The highest BCUT2D eigenvalue weighted by molar-refractivity contribution is 7.76. The molecule has 2 unspecified atom stereocenters. The molecule has 2 atom stereocenters. The van der Waals surface area contributed by atoms with Crippen LogP contribution >= 0.6 is 0 Å². The summed E-state index contributed by atoms with van der Waals surface area (Å²) in [6, 6.07) is 0. The predicted octanol–water partition coefficient (Wildman–Crippen LogP) is 0.444. The Labute approximate surface area is 88.7 Å². The van der Waals surface area contributed by atoms with Gasteiger partial charge in [-0.2, -0.15) is 0 Å². The minimum absolute atomic E-state index is 0.645. The van der Waals surface area contributed by atoms with Gasteiger partial charge in [-0.3, -0.25) is 4.21 Å². The second kappa shape index (κ2) is 5.80. The number of hydrogen-bond acceptors (Lipinski definition) is 3. The van der Waals surface area contributed by atoms with Crippen molar-refractivity contribution in [2.24, 2.45) is 5.92 Å². The maximum atomic E-state index is 10.6. The first-order valence-corrected chi connectivity index (χ1v) is 6.23. The first kappa shape index (κ1) is 12.1. The van der Waals surface area contributed by atoms with Crippen molar-refractivity contribution in [1.82, 2.24) is 9.21 Å². The van der Waals surface area contributed by atoms with Crippen LogP contribution in [0.25, 0.3) is 0 Å². The van der Waals surface area contributed by atoms with Crippen LogP contribution in [0.4, 0.5) is 0 Å². The van der Waals surface area contributed by atoms with Crippen LogP contribution in [0, 0.1) is 5.92 Å². The molecule has 1 fully saturated rings. The van der Waals surface area contributed by atoms with E-state index in [1.807, 2.05) is 0 Å². The van der Waals surface area contributed by atoms with E-state index in [1.165, 1.54) is 10.7 Å². The molecule has 0 aromatic heterocycles. The van der Waals surface area contributed by atoms with Crippen molar-refractivity contribution in [3.8, 4) is 0 Å². The quantitative estimate of drug-likeness (QED) is 0.645. The van der Waals surface area contributed by atoms with E-state index in [9.17, 15) is 8.76 Å². The van der Waals surface area contributed by atoms with E-state index in [-0.39, 0.29) is 0 Å². The Bertz CT molecular complexity index is 193. The van der Waals surface area contributed by atoms with E-state index in [0.29, 0.717) is 19.0 Å². The number of piperazine rings is 1. The van der Waals surface area contributed by atoms with Crippen LogP contribution in [0.1, 0.15) is 20.3 Å². The van der Waals surface area contributed by atoms with E-state index >= 15 is 0 Å². The van der Waals surface area contributed by atoms with Gasteiger partial charge in [-0.15, -0.1) is 0 Å². The summed E-state index contributed by atoms with van der Waals surface area (Å²) >= 11 is -2.02. The molecule has 0 N–H and O–H groups in total. The van der Waals surface area contributed by atoms with Gasteiger partial charge in [0, 0.05) is 44.0 Å². The molecule has 0 amide bonds. The third-order valence-electron chi connectivity index (χ3n) is 2.81. The van der Waals surface area contributed by atoms with Gasteiger partial charge in [0.15, 0.2) is 0 Å².